The number of benzene rings is 1. The first-order valence-corrected chi connectivity index (χ1v) is 6.54. The van der Waals surface area contributed by atoms with E-state index in [4.69, 9.17) is 11.5 Å². The largest absolute Gasteiger partial charge is 0.397 e. The van der Waals surface area contributed by atoms with Crippen LogP contribution in [0.15, 0.2) is 30.7 Å². The first-order valence-electron chi connectivity index (χ1n) is 6.54. The first-order chi connectivity index (χ1) is 10.0. The summed E-state index contributed by atoms with van der Waals surface area (Å²) in [5.74, 6) is -0.469. The standard InChI is InChI=1S/C16H15FN4/c1-8-12(7-21-9(2)15(8)18)11-5-10-3-4-20-6-13(10)16(19)14(11)17/h3-7H,18-19H2,1-2H3. The third-order valence-electron chi connectivity index (χ3n) is 3.79. The highest BCUT2D eigenvalue weighted by Crippen LogP contribution is 2.35. The second-order valence-electron chi connectivity index (χ2n) is 5.04. The molecule has 4 N–H and O–H groups in total. The molecule has 0 aliphatic carbocycles. The van der Waals surface area contributed by atoms with Gasteiger partial charge in [0.1, 0.15) is 0 Å². The van der Waals surface area contributed by atoms with E-state index in [2.05, 4.69) is 9.97 Å². The Balaban J connectivity index is 2.36. The lowest BCUT2D eigenvalue weighted by Gasteiger charge is -2.13. The molecule has 3 aromatic rings. The highest BCUT2D eigenvalue weighted by atomic mass is 19.1. The number of aromatic nitrogens is 2. The minimum atomic E-state index is -0.469. The van der Waals surface area contributed by atoms with E-state index in [1.165, 1.54) is 0 Å². The quantitative estimate of drug-likeness (QED) is 0.672. The van der Waals surface area contributed by atoms with Gasteiger partial charge < -0.3 is 11.5 Å². The van der Waals surface area contributed by atoms with E-state index in [1.54, 1.807) is 30.7 Å². The third kappa shape index (κ3) is 1.98. The number of fused-ring (bicyclic) bond motifs is 1. The monoisotopic (exact) mass is 282 g/mol. The average Bonchev–Trinajstić information content (AvgIpc) is 2.49. The van der Waals surface area contributed by atoms with Crippen molar-refractivity contribution < 1.29 is 4.39 Å². The molecule has 2 heterocycles. The van der Waals surface area contributed by atoms with Crippen molar-refractivity contribution in [3.63, 3.8) is 0 Å². The van der Waals surface area contributed by atoms with Crippen LogP contribution >= 0.6 is 0 Å². The molecule has 4 nitrogen and oxygen atoms in total. The minimum absolute atomic E-state index is 0.0918. The maximum absolute atomic E-state index is 14.6. The molecular weight excluding hydrogens is 267 g/mol. The van der Waals surface area contributed by atoms with Crippen molar-refractivity contribution in [3.8, 4) is 11.1 Å². The van der Waals surface area contributed by atoms with Crippen LogP contribution in [0.2, 0.25) is 0 Å². The van der Waals surface area contributed by atoms with E-state index >= 15 is 0 Å². The van der Waals surface area contributed by atoms with Crippen LogP contribution in [0, 0.1) is 19.7 Å². The second-order valence-corrected chi connectivity index (χ2v) is 5.04. The Labute approximate surface area is 121 Å². The summed E-state index contributed by atoms with van der Waals surface area (Å²) in [6.45, 7) is 3.68. The molecule has 0 radical (unpaired) electrons. The number of hydrogen-bond donors (Lipinski definition) is 2. The Bertz CT molecular complexity index is 859. The number of pyridine rings is 2. The lowest BCUT2D eigenvalue weighted by Crippen LogP contribution is -2.01. The van der Waals surface area contributed by atoms with Gasteiger partial charge in [-0.2, -0.15) is 0 Å². The van der Waals surface area contributed by atoms with Gasteiger partial charge in [-0.15, -0.1) is 0 Å². The Morgan fingerprint density at radius 3 is 2.57 bits per heavy atom. The molecule has 0 bridgehead atoms. The second kappa shape index (κ2) is 4.70. The number of rotatable bonds is 1. The van der Waals surface area contributed by atoms with Crippen LogP contribution in [0.25, 0.3) is 21.9 Å². The Hall–Kier alpha value is -2.69. The number of hydrogen-bond acceptors (Lipinski definition) is 4. The van der Waals surface area contributed by atoms with E-state index in [-0.39, 0.29) is 5.69 Å². The van der Waals surface area contributed by atoms with Crippen molar-refractivity contribution >= 4 is 22.1 Å². The van der Waals surface area contributed by atoms with Crippen molar-refractivity contribution in [1.29, 1.82) is 0 Å². The van der Waals surface area contributed by atoms with Gasteiger partial charge in [0.2, 0.25) is 0 Å². The van der Waals surface area contributed by atoms with E-state index in [1.807, 2.05) is 13.8 Å². The molecular formula is C16H15FN4. The van der Waals surface area contributed by atoms with Crippen LogP contribution in [-0.2, 0) is 0 Å². The van der Waals surface area contributed by atoms with Crippen molar-refractivity contribution in [3.05, 3.63) is 47.8 Å². The minimum Gasteiger partial charge on any atom is -0.397 e. The van der Waals surface area contributed by atoms with Gasteiger partial charge >= 0.3 is 0 Å². The maximum atomic E-state index is 14.6. The fourth-order valence-corrected chi connectivity index (χ4v) is 2.45. The molecule has 0 saturated heterocycles. The number of nitrogens with zero attached hydrogens (tertiary/aromatic N) is 2. The highest BCUT2D eigenvalue weighted by molar-refractivity contribution is 5.97. The fourth-order valence-electron chi connectivity index (χ4n) is 2.45. The molecule has 0 unspecified atom stereocenters. The van der Waals surface area contributed by atoms with E-state index in [9.17, 15) is 4.39 Å². The van der Waals surface area contributed by atoms with Gasteiger partial charge in [-0.3, -0.25) is 9.97 Å². The number of nitrogens with two attached hydrogens (primary N) is 2. The molecule has 0 saturated carbocycles. The summed E-state index contributed by atoms with van der Waals surface area (Å²) in [5.41, 5.74) is 15.2. The van der Waals surface area contributed by atoms with Gasteiger partial charge in [-0.25, -0.2) is 4.39 Å². The summed E-state index contributed by atoms with van der Waals surface area (Å²) < 4.78 is 14.6. The lowest BCUT2D eigenvalue weighted by molar-refractivity contribution is 0.637. The molecule has 0 aliphatic rings. The molecule has 3 rings (SSSR count). The van der Waals surface area contributed by atoms with E-state index < -0.39 is 5.82 Å². The van der Waals surface area contributed by atoms with Gasteiger partial charge in [0, 0.05) is 35.1 Å². The van der Waals surface area contributed by atoms with Crippen molar-refractivity contribution in [1.82, 2.24) is 9.97 Å². The van der Waals surface area contributed by atoms with E-state index in [0.717, 1.165) is 16.6 Å². The summed E-state index contributed by atoms with van der Waals surface area (Å²) in [5, 5.41) is 1.43. The van der Waals surface area contributed by atoms with Crippen molar-refractivity contribution in [2.24, 2.45) is 0 Å². The zero-order valence-corrected chi connectivity index (χ0v) is 11.8. The molecule has 1 aromatic carbocycles. The summed E-state index contributed by atoms with van der Waals surface area (Å²) in [4.78, 5) is 8.20. The van der Waals surface area contributed by atoms with Gasteiger partial charge in [-0.1, -0.05) is 0 Å². The Morgan fingerprint density at radius 1 is 1.05 bits per heavy atom. The predicted octanol–water partition coefficient (Wildman–Crippen LogP) is 3.22. The van der Waals surface area contributed by atoms with Crippen LogP contribution in [0.5, 0.6) is 0 Å². The van der Waals surface area contributed by atoms with Crippen LogP contribution in [0.1, 0.15) is 11.3 Å². The summed E-state index contributed by atoms with van der Waals surface area (Å²) in [7, 11) is 0. The smallest absolute Gasteiger partial charge is 0.154 e. The van der Waals surface area contributed by atoms with Crippen LogP contribution < -0.4 is 11.5 Å². The Kier molecular flexibility index (Phi) is 2.97. The maximum Gasteiger partial charge on any atom is 0.154 e. The van der Waals surface area contributed by atoms with Gasteiger partial charge in [0.15, 0.2) is 5.82 Å². The molecule has 2 aromatic heterocycles. The predicted molar refractivity (Wildman–Crippen MR) is 83.2 cm³/mol. The number of anilines is 2. The molecule has 0 aliphatic heterocycles. The van der Waals surface area contributed by atoms with Crippen LogP contribution in [0.3, 0.4) is 0 Å². The fraction of sp³-hybridized carbons (Fsp3) is 0.125. The highest BCUT2D eigenvalue weighted by Gasteiger charge is 2.16. The van der Waals surface area contributed by atoms with E-state index in [0.29, 0.717) is 22.2 Å². The van der Waals surface area contributed by atoms with Crippen LogP contribution in [-0.4, -0.2) is 9.97 Å². The number of aryl methyl sites for hydroxylation is 1. The van der Waals surface area contributed by atoms with Crippen molar-refractivity contribution in [2.45, 2.75) is 13.8 Å². The molecule has 0 spiro atoms. The average molecular weight is 282 g/mol. The van der Waals surface area contributed by atoms with Gasteiger partial charge in [-0.05, 0) is 36.9 Å². The topological polar surface area (TPSA) is 77.8 Å². The molecule has 0 atom stereocenters. The lowest BCUT2D eigenvalue weighted by atomic mass is 9.97. The van der Waals surface area contributed by atoms with Gasteiger partial charge in [0.25, 0.3) is 0 Å². The zero-order chi connectivity index (χ0) is 15.1. The Morgan fingerprint density at radius 2 is 1.81 bits per heavy atom. The molecule has 21 heavy (non-hydrogen) atoms. The molecule has 0 fully saturated rings. The molecule has 5 heteroatoms. The van der Waals surface area contributed by atoms with Crippen LogP contribution in [0.4, 0.5) is 15.8 Å². The number of halogens is 1. The van der Waals surface area contributed by atoms with Gasteiger partial charge in [0.05, 0.1) is 17.1 Å². The first kappa shape index (κ1) is 13.3. The molecule has 0 amide bonds. The zero-order valence-electron chi connectivity index (χ0n) is 11.8. The summed E-state index contributed by atoms with van der Waals surface area (Å²) in [6.07, 6.45) is 4.84. The SMILES string of the molecule is Cc1ncc(-c2cc3ccncc3c(N)c2F)c(C)c1N. The number of nitrogen functional groups attached to an aromatic ring is 2. The summed E-state index contributed by atoms with van der Waals surface area (Å²) >= 11 is 0. The summed E-state index contributed by atoms with van der Waals surface area (Å²) in [6, 6.07) is 3.55. The third-order valence-corrected chi connectivity index (χ3v) is 3.79. The van der Waals surface area contributed by atoms with Crippen molar-refractivity contribution in [2.75, 3.05) is 11.5 Å². The molecule has 106 valence electrons. The normalized spacial score (nSPS) is 11.0.